The van der Waals surface area contributed by atoms with Crippen LogP contribution in [-0.2, 0) is 15.6 Å². The van der Waals surface area contributed by atoms with Crippen LogP contribution in [0.25, 0.3) is 10.8 Å². The Kier molecular flexibility index (Phi) is 3.05. The summed E-state index contributed by atoms with van der Waals surface area (Å²) in [6.07, 6.45) is 6.21. The Labute approximate surface area is 125 Å². The van der Waals surface area contributed by atoms with Crippen molar-refractivity contribution in [3.05, 3.63) is 41.7 Å². The maximum absolute atomic E-state index is 11.7. The van der Waals surface area contributed by atoms with E-state index >= 15 is 0 Å². The molecule has 3 rings (SSSR count). The van der Waals surface area contributed by atoms with Gasteiger partial charge >= 0.3 is 5.97 Å². The number of pyridine rings is 1. The number of carboxylic acids is 1. The second kappa shape index (κ2) is 4.55. The highest BCUT2D eigenvalue weighted by atomic mass is 16.4. The first-order valence-electron chi connectivity index (χ1n) is 7.47. The zero-order chi connectivity index (χ0) is 15.3. The summed E-state index contributed by atoms with van der Waals surface area (Å²) in [4.78, 5) is 16.0. The molecule has 1 N–H and O–H groups in total. The zero-order valence-electron chi connectivity index (χ0n) is 12.8. The molecule has 1 aromatic heterocycles. The van der Waals surface area contributed by atoms with E-state index in [1.54, 1.807) is 0 Å². The van der Waals surface area contributed by atoms with E-state index in [9.17, 15) is 9.90 Å². The number of fused-ring (bicyclic) bond motifs is 1. The third-order valence-electron chi connectivity index (χ3n) is 4.74. The van der Waals surface area contributed by atoms with Crippen molar-refractivity contribution in [2.24, 2.45) is 0 Å². The van der Waals surface area contributed by atoms with E-state index in [1.165, 1.54) is 10.9 Å². The highest BCUT2D eigenvalue weighted by Gasteiger charge is 2.45. The Hall–Kier alpha value is -1.90. The fourth-order valence-electron chi connectivity index (χ4n) is 3.23. The predicted octanol–water partition coefficient (Wildman–Crippen LogP) is 4.04. The largest absolute Gasteiger partial charge is 0.481 e. The second-order valence-electron chi connectivity index (χ2n) is 7.11. The molecular weight excluding hydrogens is 262 g/mol. The van der Waals surface area contributed by atoms with Gasteiger partial charge in [0.05, 0.1) is 5.41 Å². The van der Waals surface area contributed by atoms with E-state index < -0.39 is 11.4 Å². The summed E-state index contributed by atoms with van der Waals surface area (Å²) in [6, 6.07) is 6.08. The van der Waals surface area contributed by atoms with Crippen LogP contribution < -0.4 is 0 Å². The monoisotopic (exact) mass is 283 g/mol. The minimum absolute atomic E-state index is 0.0228. The van der Waals surface area contributed by atoms with Gasteiger partial charge in [0.2, 0.25) is 0 Å². The fraction of sp³-hybridized carbons (Fsp3) is 0.444. The van der Waals surface area contributed by atoms with E-state index in [-0.39, 0.29) is 5.41 Å². The van der Waals surface area contributed by atoms with Crippen molar-refractivity contribution in [2.75, 3.05) is 0 Å². The van der Waals surface area contributed by atoms with Crippen LogP contribution in [-0.4, -0.2) is 16.1 Å². The van der Waals surface area contributed by atoms with E-state index in [4.69, 9.17) is 0 Å². The first-order valence-corrected chi connectivity index (χ1v) is 7.47. The van der Waals surface area contributed by atoms with E-state index in [0.717, 1.165) is 30.2 Å². The van der Waals surface area contributed by atoms with Crippen molar-refractivity contribution < 1.29 is 9.90 Å². The highest BCUT2D eigenvalue weighted by molar-refractivity contribution is 5.89. The molecule has 0 saturated heterocycles. The molecule has 1 aromatic carbocycles. The molecule has 1 heterocycles. The molecule has 3 heteroatoms. The van der Waals surface area contributed by atoms with Crippen molar-refractivity contribution >= 4 is 16.7 Å². The van der Waals surface area contributed by atoms with Gasteiger partial charge in [0, 0.05) is 17.8 Å². The minimum atomic E-state index is -0.701. The lowest BCUT2D eigenvalue weighted by atomic mass is 9.64. The quantitative estimate of drug-likeness (QED) is 0.905. The van der Waals surface area contributed by atoms with Gasteiger partial charge in [-0.1, -0.05) is 39.3 Å². The minimum Gasteiger partial charge on any atom is -0.481 e. The van der Waals surface area contributed by atoms with Crippen LogP contribution in [0.1, 0.15) is 51.2 Å². The average molecular weight is 283 g/mol. The van der Waals surface area contributed by atoms with Crippen molar-refractivity contribution in [3.63, 3.8) is 0 Å². The molecule has 1 aliphatic rings. The van der Waals surface area contributed by atoms with Gasteiger partial charge in [0.25, 0.3) is 0 Å². The summed E-state index contributed by atoms with van der Waals surface area (Å²) >= 11 is 0. The molecule has 0 unspecified atom stereocenters. The Morgan fingerprint density at radius 1 is 1.24 bits per heavy atom. The smallest absolute Gasteiger partial charge is 0.314 e. The summed E-state index contributed by atoms with van der Waals surface area (Å²) < 4.78 is 0. The van der Waals surface area contributed by atoms with Crippen LogP contribution in [0.3, 0.4) is 0 Å². The van der Waals surface area contributed by atoms with Gasteiger partial charge in [0.15, 0.2) is 0 Å². The molecule has 1 aliphatic carbocycles. The highest BCUT2D eigenvalue weighted by Crippen LogP contribution is 2.45. The number of carboxylic acid groups (broad SMARTS) is 1. The normalized spacial score (nSPS) is 17.5. The third kappa shape index (κ3) is 2.11. The van der Waals surface area contributed by atoms with E-state index in [1.807, 2.05) is 24.5 Å². The number of carbonyl (C=O) groups is 1. The SMILES string of the molecule is CC(C)(C)c1cncc2cc(C3(C(=O)O)CCC3)ccc12. The molecule has 0 atom stereocenters. The van der Waals surface area contributed by atoms with Gasteiger partial charge in [0.1, 0.15) is 0 Å². The summed E-state index contributed by atoms with van der Waals surface area (Å²) in [5.74, 6) is -0.701. The molecule has 0 spiro atoms. The maximum Gasteiger partial charge on any atom is 0.314 e. The summed E-state index contributed by atoms with van der Waals surface area (Å²) in [6.45, 7) is 6.51. The number of hydrogen-bond donors (Lipinski definition) is 1. The molecule has 0 aliphatic heterocycles. The Morgan fingerprint density at radius 2 is 1.95 bits per heavy atom. The molecule has 21 heavy (non-hydrogen) atoms. The molecule has 1 fully saturated rings. The van der Waals surface area contributed by atoms with Crippen LogP contribution in [0, 0.1) is 0 Å². The van der Waals surface area contributed by atoms with Gasteiger partial charge in [-0.05, 0) is 40.8 Å². The van der Waals surface area contributed by atoms with Crippen LogP contribution in [0.2, 0.25) is 0 Å². The number of rotatable bonds is 2. The summed E-state index contributed by atoms with van der Waals surface area (Å²) in [5, 5.41) is 11.8. The lowest BCUT2D eigenvalue weighted by Gasteiger charge is -2.38. The molecule has 0 bridgehead atoms. The first-order chi connectivity index (χ1) is 9.84. The standard InChI is InChI=1S/C18H21NO2/c1-17(2,3)15-11-19-10-12-9-13(5-6-14(12)15)18(16(20)21)7-4-8-18/h5-6,9-11H,4,7-8H2,1-3H3,(H,20,21). The lowest BCUT2D eigenvalue weighted by Crippen LogP contribution is -2.42. The fourth-order valence-corrected chi connectivity index (χ4v) is 3.23. The molecule has 110 valence electrons. The second-order valence-corrected chi connectivity index (χ2v) is 7.11. The molecular formula is C18H21NO2. The van der Waals surface area contributed by atoms with E-state index in [2.05, 4.69) is 31.8 Å². The van der Waals surface area contributed by atoms with Crippen molar-refractivity contribution in [1.82, 2.24) is 4.98 Å². The number of nitrogens with zero attached hydrogens (tertiary/aromatic N) is 1. The van der Waals surface area contributed by atoms with Gasteiger partial charge in [-0.15, -0.1) is 0 Å². The third-order valence-corrected chi connectivity index (χ3v) is 4.74. The van der Waals surface area contributed by atoms with Crippen molar-refractivity contribution in [1.29, 1.82) is 0 Å². The van der Waals surface area contributed by atoms with Crippen molar-refractivity contribution in [3.8, 4) is 0 Å². The molecule has 0 amide bonds. The number of aliphatic carboxylic acids is 1. The summed E-state index contributed by atoms with van der Waals surface area (Å²) in [5.41, 5.74) is 1.46. The van der Waals surface area contributed by atoms with Gasteiger partial charge in [-0.3, -0.25) is 9.78 Å². The Balaban J connectivity index is 2.16. The average Bonchev–Trinajstić information content (AvgIpc) is 2.34. The van der Waals surface area contributed by atoms with Gasteiger partial charge in [-0.2, -0.15) is 0 Å². The van der Waals surface area contributed by atoms with E-state index in [0.29, 0.717) is 0 Å². The Bertz CT molecular complexity index is 709. The number of benzene rings is 1. The summed E-state index contributed by atoms with van der Waals surface area (Å²) in [7, 11) is 0. The van der Waals surface area contributed by atoms with Crippen LogP contribution >= 0.6 is 0 Å². The Morgan fingerprint density at radius 3 is 2.48 bits per heavy atom. The van der Waals surface area contributed by atoms with Gasteiger partial charge < -0.3 is 5.11 Å². The van der Waals surface area contributed by atoms with Crippen molar-refractivity contribution in [2.45, 2.75) is 50.9 Å². The molecule has 3 nitrogen and oxygen atoms in total. The van der Waals surface area contributed by atoms with Gasteiger partial charge in [-0.25, -0.2) is 0 Å². The zero-order valence-corrected chi connectivity index (χ0v) is 12.8. The number of aromatic nitrogens is 1. The predicted molar refractivity (Wildman–Crippen MR) is 83.6 cm³/mol. The van der Waals surface area contributed by atoms with Crippen LogP contribution in [0.4, 0.5) is 0 Å². The molecule has 0 radical (unpaired) electrons. The lowest BCUT2D eigenvalue weighted by molar-refractivity contribution is -0.147. The molecule has 1 saturated carbocycles. The maximum atomic E-state index is 11.7. The number of hydrogen-bond acceptors (Lipinski definition) is 2. The first kappa shape index (κ1) is 14.1. The van der Waals surface area contributed by atoms with Crippen LogP contribution in [0.15, 0.2) is 30.6 Å². The topological polar surface area (TPSA) is 50.2 Å². The van der Waals surface area contributed by atoms with Crippen LogP contribution in [0.5, 0.6) is 0 Å². The molecule has 2 aromatic rings.